The summed E-state index contributed by atoms with van der Waals surface area (Å²) in [4.78, 5) is 18.0. The largest absolute Gasteiger partial charge is 0.341 e. The zero-order valence-electron chi connectivity index (χ0n) is 10.1. The van der Waals surface area contributed by atoms with Crippen molar-refractivity contribution in [2.24, 2.45) is 0 Å². The number of nitrogens with one attached hydrogen (secondary N) is 1. The topological polar surface area (TPSA) is 45.2 Å². The highest BCUT2D eigenvalue weighted by Crippen LogP contribution is 2.05. The van der Waals surface area contributed by atoms with Crippen LogP contribution >= 0.6 is 0 Å². The molecule has 0 unspecified atom stereocenters. The smallest absolute Gasteiger partial charge is 0.222 e. The van der Waals surface area contributed by atoms with Gasteiger partial charge in [-0.15, -0.1) is 0 Å². The minimum absolute atomic E-state index is 0.269. The molecule has 0 saturated carbocycles. The summed E-state index contributed by atoms with van der Waals surface area (Å²) in [6, 6.07) is 3.94. The van der Waals surface area contributed by atoms with E-state index in [-0.39, 0.29) is 5.91 Å². The Balaban J connectivity index is 1.80. The second-order valence-corrected chi connectivity index (χ2v) is 4.34. The van der Waals surface area contributed by atoms with Gasteiger partial charge in [-0.3, -0.25) is 9.78 Å². The van der Waals surface area contributed by atoms with Gasteiger partial charge in [0.05, 0.1) is 0 Å². The number of pyridine rings is 1. The molecule has 1 fully saturated rings. The number of aryl methyl sites for hydroxylation is 1. The Labute approximate surface area is 102 Å². The van der Waals surface area contributed by atoms with Crippen LogP contribution in [0.5, 0.6) is 0 Å². The summed E-state index contributed by atoms with van der Waals surface area (Å²) < 4.78 is 0. The van der Waals surface area contributed by atoms with Crippen LogP contribution in [0.1, 0.15) is 18.4 Å². The molecule has 2 heterocycles. The van der Waals surface area contributed by atoms with Crippen molar-refractivity contribution < 1.29 is 4.79 Å². The van der Waals surface area contributed by atoms with Crippen LogP contribution in [0, 0.1) is 0 Å². The average Bonchev–Trinajstić information content (AvgIpc) is 2.66. The predicted molar refractivity (Wildman–Crippen MR) is 66.6 cm³/mol. The van der Waals surface area contributed by atoms with Crippen molar-refractivity contribution >= 4 is 5.91 Å². The molecule has 1 saturated heterocycles. The predicted octanol–water partition coefficient (Wildman–Crippen LogP) is 0.836. The van der Waals surface area contributed by atoms with Crippen LogP contribution in [0.2, 0.25) is 0 Å². The van der Waals surface area contributed by atoms with E-state index >= 15 is 0 Å². The van der Waals surface area contributed by atoms with Crippen LogP contribution in [0.3, 0.4) is 0 Å². The summed E-state index contributed by atoms with van der Waals surface area (Å²) in [7, 11) is 0. The third-order valence-electron chi connectivity index (χ3n) is 3.07. The molecule has 1 aromatic heterocycles. The molecule has 92 valence electrons. The third-order valence-corrected chi connectivity index (χ3v) is 3.07. The number of amides is 1. The minimum Gasteiger partial charge on any atom is -0.341 e. The first-order chi connectivity index (χ1) is 8.36. The fourth-order valence-electron chi connectivity index (χ4n) is 2.05. The van der Waals surface area contributed by atoms with Crippen molar-refractivity contribution in [1.29, 1.82) is 0 Å². The summed E-state index contributed by atoms with van der Waals surface area (Å²) in [5.41, 5.74) is 1.18. The van der Waals surface area contributed by atoms with Gasteiger partial charge in [0.15, 0.2) is 0 Å². The molecule has 0 aromatic carbocycles. The van der Waals surface area contributed by atoms with Gasteiger partial charge >= 0.3 is 0 Å². The van der Waals surface area contributed by atoms with Crippen molar-refractivity contribution in [2.75, 3.05) is 26.2 Å². The van der Waals surface area contributed by atoms with Gasteiger partial charge in [0, 0.05) is 38.4 Å². The monoisotopic (exact) mass is 233 g/mol. The molecule has 0 radical (unpaired) electrons. The zero-order valence-corrected chi connectivity index (χ0v) is 10.1. The Hall–Kier alpha value is -1.42. The third kappa shape index (κ3) is 3.82. The molecule has 17 heavy (non-hydrogen) atoms. The lowest BCUT2D eigenvalue weighted by atomic mass is 10.1. The Morgan fingerprint density at radius 3 is 2.94 bits per heavy atom. The molecule has 1 aliphatic rings. The highest BCUT2D eigenvalue weighted by atomic mass is 16.2. The number of aromatic nitrogens is 1. The first-order valence-electron chi connectivity index (χ1n) is 6.23. The molecule has 1 aliphatic heterocycles. The molecular formula is C13H19N3O. The van der Waals surface area contributed by atoms with E-state index in [9.17, 15) is 4.79 Å². The average molecular weight is 233 g/mol. The Kier molecular flexibility index (Phi) is 4.50. The fourth-order valence-corrected chi connectivity index (χ4v) is 2.05. The molecule has 1 N–H and O–H groups in total. The molecule has 4 nitrogen and oxygen atoms in total. The van der Waals surface area contributed by atoms with Crippen molar-refractivity contribution in [3.8, 4) is 0 Å². The Morgan fingerprint density at radius 2 is 2.12 bits per heavy atom. The molecule has 0 atom stereocenters. The van der Waals surface area contributed by atoms with Gasteiger partial charge in [-0.2, -0.15) is 0 Å². The fraction of sp³-hybridized carbons (Fsp3) is 0.538. The summed E-state index contributed by atoms with van der Waals surface area (Å²) >= 11 is 0. The normalized spacial score (nSPS) is 16.6. The highest BCUT2D eigenvalue weighted by molar-refractivity contribution is 5.76. The lowest BCUT2D eigenvalue weighted by Gasteiger charge is -2.19. The first-order valence-corrected chi connectivity index (χ1v) is 6.23. The maximum absolute atomic E-state index is 12.0. The van der Waals surface area contributed by atoms with Crippen LogP contribution in [0.4, 0.5) is 0 Å². The van der Waals surface area contributed by atoms with Crippen molar-refractivity contribution in [3.05, 3.63) is 30.1 Å². The lowest BCUT2D eigenvalue weighted by molar-refractivity contribution is -0.130. The summed E-state index contributed by atoms with van der Waals surface area (Å²) in [6.07, 6.45) is 6.02. The minimum atomic E-state index is 0.269. The van der Waals surface area contributed by atoms with Gasteiger partial charge in [-0.05, 0) is 37.1 Å². The summed E-state index contributed by atoms with van der Waals surface area (Å²) in [5.74, 6) is 0.269. The molecule has 0 spiro atoms. The van der Waals surface area contributed by atoms with Crippen LogP contribution in [0.25, 0.3) is 0 Å². The quantitative estimate of drug-likeness (QED) is 0.841. The van der Waals surface area contributed by atoms with Crippen LogP contribution in [-0.4, -0.2) is 42.0 Å². The maximum atomic E-state index is 12.0. The van der Waals surface area contributed by atoms with E-state index in [2.05, 4.69) is 10.3 Å². The number of carbonyl (C=O) groups excluding carboxylic acids is 1. The van der Waals surface area contributed by atoms with E-state index in [1.807, 2.05) is 17.0 Å². The maximum Gasteiger partial charge on any atom is 0.222 e. The van der Waals surface area contributed by atoms with Gasteiger partial charge < -0.3 is 10.2 Å². The van der Waals surface area contributed by atoms with Crippen LogP contribution in [0.15, 0.2) is 24.5 Å². The van der Waals surface area contributed by atoms with E-state index in [0.717, 1.165) is 39.0 Å². The number of rotatable bonds is 3. The second-order valence-electron chi connectivity index (χ2n) is 4.34. The molecule has 4 heteroatoms. The summed E-state index contributed by atoms with van der Waals surface area (Å²) in [5, 5.41) is 3.30. The Morgan fingerprint density at radius 1 is 1.29 bits per heavy atom. The number of carbonyl (C=O) groups is 1. The number of hydrogen-bond acceptors (Lipinski definition) is 3. The highest BCUT2D eigenvalue weighted by Gasteiger charge is 2.14. The van der Waals surface area contributed by atoms with E-state index in [0.29, 0.717) is 6.42 Å². The second kappa shape index (κ2) is 6.35. The van der Waals surface area contributed by atoms with Gasteiger partial charge in [0.1, 0.15) is 0 Å². The number of hydrogen-bond donors (Lipinski definition) is 1. The summed E-state index contributed by atoms with van der Waals surface area (Å²) in [6.45, 7) is 3.67. The number of nitrogens with zero attached hydrogens (tertiary/aromatic N) is 2. The standard InChI is InChI=1S/C13H19N3O/c17-13(16-10-1-6-14-9-11-16)3-2-12-4-7-15-8-5-12/h4-5,7-8,14H,1-3,6,9-11H2. The lowest BCUT2D eigenvalue weighted by Crippen LogP contribution is -2.34. The first kappa shape index (κ1) is 12.0. The van der Waals surface area contributed by atoms with Gasteiger partial charge in [-0.1, -0.05) is 0 Å². The molecular weight excluding hydrogens is 214 g/mol. The molecule has 0 aliphatic carbocycles. The molecule has 1 amide bonds. The SMILES string of the molecule is O=C(CCc1ccncc1)N1CCCNCC1. The van der Waals surface area contributed by atoms with E-state index in [4.69, 9.17) is 0 Å². The van der Waals surface area contributed by atoms with Crippen molar-refractivity contribution in [2.45, 2.75) is 19.3 Å². The molecule has 2 rings (SSSR count). The molecule has 1 aromatic rings. The van der Waals surface area contributed by atoms with E-state index in [1.165, 1.54) is 5.56 Å². The van der Waals surface area contributed by atoms with Gasteiger partial charge in [0.25, 0.3) is 0 Å². The van der Waals surface area contributed by atoms with Gasteiger partial charge in [-0.25, -0.2) is 0 Å². The molecule has 0 bridgehead atoms. The Bertz CT molecular complexity index is 345. The van der Waals surface area contributed by atoms with Crippen molar-refractivity contribution in [3.63, 3.8) is 0 Å². The van der Waals surface area contributed by atoms with Crippen LogP contribution in [-0.2, 0) is 11.2 Å². The van der Waals surface area contributed by atoms with E-state index in [1.54, 1.807) is 12.4 Å². The van der Waals surface area contributed by atoms with Crippen molar-refractivity contribution in [1.82, 2.24) is 15.2 Å². The van der Waals surface area contributed by atoms with Gasteiger partial charge in [0.2, 0.25) is 5.91 Å². The van der Waals surface area contributed by atoms with E-state index < -0.39 is 0 Å². The van der Waals surface area contributed by atoms with Crippen LogP contribution < -0.4 is 5.32 Å². The zero-order chi connectivity index (χ0) is 11.9.